The number of ketones is 1. The van der Waals surface area contributed by atoms with Crippen LogP contribution in [0, 0.1) is 0 Å². The fourth-order valence-electron chi connectivity index (χ4n) is 1.64. The quantitative estimate of drug-likeness (QED) is 0.658. The van der Waals surface area contributed by atoms with Crippen molar-refractivity contribution < 1.29 is 14.7 Å². The third-order valence-corrected chi connectivity index (χ3v) is 2.71. The highest BCUT2D eigenvalue weighted by Crippen LogP contribution is 2.12. The highest BCUT2D eigenvalue weighted by Gasteiger charge is 2.08. The Morgan fingerprint density at radius 3 is 1.89 bits per heavy atom. The average Bonchev–Trinajstić information content (AvgIpc) is 2.47. The van der Waals surface area contributed by atoms with Crippen LogP contribution in [0.25, 0.3) is 0 Å². The first-order valence-electron chi connectivity index (χ1n) is 5.54. The van der Waals surface area contributed by atoms with Crippen LogP contribution in [0.4, 0.5) is 0 Å². The number of aldehydes is 1. The van der Waals surface area contributed by atoms with Gasteiger partial charge in [-0.3, -0.25) is 9.59 Å². The van der Waals surface area contributed by atoms with Gasteiger partial charge in [-0.15, -0.1) is 0 Å². The van der Waals surface area contributed by atoms with Crippen LogP contribution < -0.4 is 0 Å². The first-order chi connectivity index (χ1) is 8.74. The van der Waals surface area contributed by atoms with Gasteiger partial charge in [0, 0.05) is 16.7 Å². The lowest BCUT2D eigenvalue weighted by atomic mass is 10.0. The summed E-state index contributed by atoms with van der Waals surface area (Å²) in [5.41, 5.74) is 2.41. The Morgan fingerprint density at radius 1 is 0.944 bits per heavy atom. The zero-order chi connectivity index (χ0) is 13.0. The molecule has 18 heavy (non-hydrogen) atoms. The SMILES string of the molecule is O=Cc1ccc(C(=O)c2ccc(CO)cc2)cc1. The number of benzene rings is 2. The number of aliphatic hydroxyl groups is 1. The predicted molar refractivity (Wildman–Crippen MR) is 67.6 cm³/mol. The Bertz CT molecular complexity index is 553. The van der Waals surface area contributed by atoms with Crippen molar-refractivity contribution >= 4 is 12.1 Å². The van der Waals surface area contributed by atoms with E-state index in [1.54, 1.807) is 48.5 Å². The van der Waals surface area contributed by atoms with Gasteiger partial charge in [0.15, 0.2) is 5.78 Å². The summed E-state index contributed by atoms with van der Waals surface area (Å²) < 4.78 is 0. The van der Waals surface area contributed by atoms with Crippen LogP contribution in [0.1, 0.15) is 31.8 Å². The summed E-state index contributed by atoms with van der Waals surface area (Å²) in [7, 11) is 0. The van der Waals surface area contributed by atoms with Crippen molar-refractivity contribution in [1.82, 2.24) is 0 Å². The van der Waals surface area contributed by atoms with Gasteiger partial charge in [0.05, 0.1) is 6.61 Å². The lowest BCUT2D eigenvalue weighted by Crippen LogP contribution is -2.01. The van der Waals surface area contributed by atoms with Crippen LogP contribution in [-0.4, -0.2) is 17.2 Å². The molecule has 0 heterocycles. The number of hydrogen-bond acceptors (Lipinski definition) is 3. The minimum Gasteiger partial charge on any atom is -0.392 e. The summed E-state index contributed by atoms with van der Waals surface area (Å²) >= 11 is 0. The van der Waals surface area contributed by atoms with E-state index in [0.29, 0.717) is 16.7 Å². The Balaban J connectivity index is 2.26. The molecule has 0 aliphatic heterocycles. The van der Waals surface area contributed by atoms with E-state index in [2.05, 4.69) is 0 Å². The zero-order valence-electron chi connectivity index (χ0n) is 9.67. The van der Waals surface area contributed by atoms with E-state index in [1.165, 1.54) is 0 Å². The summed E-state index contributed by atoms with van der Waals surface area (Å²) in [4.78, 5) is 22.6. The van der Waals surface area contributed by atoms with Gasteiger partial charge in [-0.1, -0.05) is 48.5 Å². The molecule has 2 aromatic carbocycles. The smallest absolute Gasteiger partial charge is 0.193 e. The lowest BCUT2D eigenvalue weighted by molar-refractivity contribution is 0.103. The van der Waals surface area contributed by atoms with Crippen molar-refractivity contribution in [1.29, 1.82) is 0 Å². The van der Waals surface area contributed by atoms with Gasteiger partial charge in [-0.05, 0) is 5.56 Å². The monoisotopic (exact) mass is 240 g/mol. The molecule has 0 saturated heterocycles. The Morgan fingerprint density at radius 2 is 1.44 bits per heavy atom. The van der Waals surface area contributed by atoms with Crippen LogP contribution in [0.2, 0.25) is 0 Å². The van der Waals surface area contributed by atoms with Crippen LogP contribution in [-0.2, 0) is 6.61 Å². The Hall–Kier alpha value is -2.26. The van der Waals surface area contributed by atoms with Crippen LogP contribution in [0.15, 0.2) is 48.5 Å². The number of carbonyl (C=O) groups excluding carboxylic acids is 2. The highest BCUT2D eigenvalue weighted by molar-refractivity contribution is 6.09. The second kappa shape index (κ2) is 5.38. The minimum atomic E-state index is -0.100. The molecule has 0 aromatic heterocycles. The van der Waals surface area contributed by atoms with Crippen LogP contribution in [0.5, 0.6) is 0 Å². The maximum absolute atomic E-state index is 12.1. The fraction of sp³-hybridized carbons (Fsp3) is 0.0667. The maximum atomic E-state index is 12.1. The molecular weight excluding hydrogens is 228 g/mol. The minimum absolute atomic E-state index is 0.0392. The molecule has 0 fully saturated rings. The summed E-state index contributed by atoms with van der Waals surface area (Å²) in [5, 5.41) is 8.92. The molecule has 0 saturated carbocycles. The molecule has 0 aliphatic rings. The van der Waals surface area contributed by atoms with Gasteiger partial charge < -0.3 is 5.11 Å². The van der Waals surface area contributed by atoms with E-state index in [0.717, 1.165) is 11.8 Å². The molecule has 0 spiro atoms. The molecular formula is C15H12O3. The van der Waals surface area contributed by atoms with E-state index < -0.39 is 0 Å². The van der Waals surface area contributed by atoms with Gasteiger partial charge in [0.1, 0.15) is 6.29 Å². The van der Waals surface area contributed by atoms with Crippen molar-refractivity contribution in [3.63, 3.8) is 0 Å². The van der Waals surface area contributed by atoms with Crippen molar-refractivity contribution in [2.45, 2.75) is 6.61 Å². The Kier molecular flexibility index (Phi) is 3.65. The second-order valence-electron chi connectivity index (χ2n) is 3.92. The standard InChI is InChI=1S/C15H12O3/c16-9-11-1-5-13(6-2-11)15(18)14-7-3-12(10-17)4-8-14/h1-9,17H,10H2. The van der Waals surface area contributed by atoms with E-state index in [-0.39, 0.29) is 12.4 Å². The van der Waals surface area contributed by atoms with Crippen molar-refractivity contribution in [2.24, 2.45) is 0 Å². The molecule has 3 nitrogen and oxygen atoms in total. The van der Waals surface area contributed by atoms with Crippen molar-refractivity contribution in [3.05, 3.63) is 70.8 Å². The first-order valence-corrected chi connectivity index (χ1v) is 5.54. The number of aliphatic hydroxyl groups excluding tert-OH is 1. The molecule has 3 heteroatoms. The molecule has 1 N–H and O–H groups in total. The molecule has 90 valence electrons. The van der Waals surface area contributed by atoms with E-state index >= 15 is 0 Å². The van der Waals surface area contributed by atoms with Crippen LogP contribution in [0.3, 0.4) is 0 Å². The zero-order valence-corrected chi connectivity index (χ0v) is 9.67. The molecule has 0 unspecified atom stereocenters. The highest BCUT2D eigenvalue weighted by atomic mass is 16.3. The Labute approximate surface area is 105 Å². The molecule has 0 atom stereocenters. The largest absolute Gasteiger partial charge is 0.392 e. The second-order valence-corrected chi connectivity index (χ2v) is 3.92. The lowest BCUT2D eigenvalue weighted by Gasteiger charge is -2.02. The number of carbonyl (C=O) groups is 2. The summed E-state index contributed by atoms with van der Waals surface area (Å²) in [6.45, 7) is -0.0392. The van der Waals surface area contributed by atoms with Gasteiger partial charge in [-0.2, -0.15) is 0 Å². The third kappa shape index (κ3) is 2.52. The molecule has 0 bridgehead atoms. The molecule has 2 aromatic rings. The topological polar surface area (TPSA) is 54.4 Å². The predicted octanol–water partition coefficient (Wildman–Crippen LogP) is 2.22. The molecule has 2 rings (SSSR count). The molecule has 0 radical (unpaired) electrons. The normalized spacial score (nSPS) is 10.1. The van der Waals surface area contributed by atoms with Gasteiger partial charge in [0.25, 0.3) is 0 Å². The van der Waals surface area contributed by atoms with E-state index in [1.807, 2.05) is 0 Å². The third-order valence-electron chi connectivity index (χ3n) is 2.71. The van der Waals surface area contributed by atoms with Gasteiger partial charge in [-0.25, -0.2) is 0 Å². The molecule has 0 amide bonds. The van der Waals surface area contributed by atoms with E-state index in [4.69, 9.17) is 5.11 Å². The first kappa shape index (κ1) is 12.2. The maximum Gasteiger partial charge on any atom is 0.193 e. The summed E-state index contributed by atoms with van der Waals surface area (Å²) in [6.07, 6.45) is 0.740. The van der Waals surface area contributed by atoms with Crippen molar-refractivity contribution in [3.8, 4) is 0 Å². The fourth-order valence-corrected chi connectivity index (χ4v) is 1.64. The average molecular weight is 240 g/mol. The van der Waals surface area contributed by atoms with Crippen LogP contribution >= 0.6 is 0 Å². The number of hydrogen-bond donors (Lipinski definition) is 1. The number of rotatable bonds is 4. The summed E-state index contributed by atoms with van der Waals surface area (Å²) in [5.74, 6) is -0.100. The van der Waals surface area contributed by atoms with Gasteiger partial charge in [0.2, 0.25) is 0 Å². The van der Waals surface area contributed by atoms with Crippen molar-refractivity contribution in [2.75, 3.05) is 0 Å². The summed E-state index contributed by atoms with van der Waals surface area (Å²) in [6, 6.07) is 13.3. The van der Waals surface area contributed by atoms with E-state index in [9.17, 15) is 9.59 Å². The molecule has 0 aliphatic carbocycles. The van der Waals surface area contributed by atoms with Gasteiger partial charge >= 0.3 is 0 Å².